The Morgan fingerprint density at radius 2 is 1.05 bits per heavy atom. The third-order valence-corrected chi connectivity index (χ3v) is 9.38. The molecule has 0 radical (unpaired) electrons. The fourth-order valence-corrected chi connectivity index (χ4v) is 6.44. The first-order valence-corrected chi connectivity index (χ1v) is 17.8. The van der Waals surface area contributed by atoms with Crippen LogP contribution in [0, 0.1) is 29.5 Å². The normalized spacial score (nSPS) is 10.5. The minimum Gasteiger partial charge on any atom is -0.296 e. The second-order valence-electron chi connectivity index (χ2n) is 12.5. The molecule has 57 heavy (non-hydrogen) atoms. The zero-order valence-electron chi connectivity index (χ0n) is 30.1. The van der Waals surface area contributed by atoms with Gasteiger partial charge < -0.3 is 0 Å². The van der Waals surface area contributed by atoms with E-state index in [0.717, 1.165) is 26.3 Å². The Morgan fingerprint density at radius 3 is 1.58 bits per heavy atom. The van der Waals surface area contributed by atoms with E-state index >= 15 is 0 Å². The van der Waals surface area contributed by atoms with Gasteiger partial charge >= 0.3 is 11.4 Å². The summed E-state index contributed by atoms with van der Waals surface area (Å²) in [5, 5.41) is 0.764. The molecular weight excluding hydrogens is 766 g/mol. The third kappa shape index (κ3) is 7.80. The SMILES string of the molecule is Cn1c(=O)n(-c2ccc(C#Cc3ccccc3)cc2Cl)c(=O)c2cc(F)ccc21.Cn1c(=O)n(-c2ccc(C#Cc3ccccc3)cc2Cl)c(=O)c2cncnc21. The van der Waals surface area contributed by atoms with E-state index in [1.165, 1.54) is 40.8 Å². The second kappa shape index (κ2) is 16.2. The molecule has 8 aromatic rings. The molecule has 8 rings (SSSR count). The van der Waals surface area contributed by atoms with E-state index in [9.17, 15) is 23.6 Å². The van der Waals surface area contributed by atoms with Crippen molar-refractivity contribution in [1.29, 1.82) is 0 Å². The molecule has 0 aliphatic rings. The molecule has 0 N–H and O–H groups in total. The van der Waals surface area contributed by atoms with E-state index in [0.29, 0.717) is 16.6 Å². The number of rotatable bonds is 2. The number of fused-ring (bicyclic) bond motifs is 2. The van der Waals surface area contributed by atoms with E-state index < -0.39 is 28.3 Å². The molecule has 0 aliphatic heterocycles. The number of halogens is 3. The van der Waals surface area contributed by atoms with Crippen molar-refractivity contribution >= 4 is 45.1 Å². The van der Waals surface area contributed by atoms with Gasteiger partial charge in [0.25, 0.3) is 11.1 Å². The van der Waals surface area contributed by atoms with Crippen molar-refractivity contribution in [1.82, 2.24) is 28.2 Å². The summed E-state index contributed by atoms with van der Waals surface area (Å²) >= 11 is 12.8. The molecule has 0 saturated heterocycles. The van der Waals surface area contributed by atoms with E-state index in [1.807, 2.05) is 60.7 Å². The summed E-state index contributed by atoms with van der Waals surface area (Å²) in [6, 6.07) is 32.5. The predicted molar refractivity (Wildman–Crippen MR) is 220 cm³/mol. The monoisotopic (exact) mass is 792 g/mol. The highest BCUT2D eigenvalue weighted by molar-refractivity contribution is 6.32. The number of aromatic nitrogens is 6. The maximum Gasteiger partial charge on any atom is 0.337 e. The fraction of sp³-hybridized carbons (Fsp3) is 0.0455. The van der Waals surface area contributed by atoms with Gasteiger partial charge in [-0.1, -0.05) is 83.3 Å². The summed E-state index contributed by atoms with van der Waals surface area (Å²) in [6.07, 6.45) is 2.67. The molecule has 0 amide bonds. The second-order valence-corrected chi connectivity index (χ2v) is 13.3. The van der Waals surface area contributed by atoms with Crippen LogP contribution in [0.4, 0.5) is 4.39 Å². The highest BCUT2D eigenvalue weighted by atomic mass is 35.5. The zero-order chi connectivity index (χ0) is 40.2. The van der Waals surface area contributed by atoms with Crippen LogP contribution in [0.1, 0.15) is 22.3 Å². The smallest absolute Gasteiger partial charge is 0.296 e. The lowest BCUT2D eigenvalue weighted by atomic mass is 10.1. The van der Waals surface area contributed by atoms with Gasteiger partial charge in [-0.2, -0.15) is 0 Å². The molecule has 10 nitrogen and oxygen atoms in total. The van der Waals surface area contributed by atoms with Crippen LogP contribution in [0.2, 0.25) is 10.0 Å². The Balaban J connectivity index is 0.000000174. The molecule has 0 unspecified atom stereocenters. The predicted octanol–water partition coefficient (Wildman–Crippen LogP) is 6.41. The molecule has 13 heteroatoms. The standard InChI is InChI=1S/C23H14ClFN2O2.C21H13ClN4O2/c1-26-20-12-10-17(25)14-18(20)22(28)27(23(26)29)21-11-9-16(13-19(21)24)8-7-15-5-3-2-4-6-15;1-25-19-16(12-23-13-24-19)20(27)26(21(25)28)18-10-9-15(11-17(18)22)8-7-14-5-3-2-4-6-14/h2-6,9-14H,1H3;2-6,9-13H,1H3. The van der Waals surface area contributed by atoms with Crippen molar-refractivity contribution < 1.29 is 4.39 Å². The van der Waals surface area contributed by atoms with Crippen LogP contribution in [-0.2, 0) is 14.1 Å². The van der Waals surface area contributed by atoms with Gasteiger partial charge in [0.05, 0.1) is 32.3 Å². The van der Waals surface area contributed by atoms with Crippen LogP contribution < -0.4 is 22.5 Å². The van der Waals surface area contributed by atoms with E-state index in [2.05, 4.69) is 33.6 Å². The Bertz CT molecular complexity index is 3250. The molecule has 3 aromatic heterocycles. The average molecular weight is 794 g/mol. The van der Waals surface area contributed by atoms with Crippen molar-refractivity contribution in [3.8, 4) is 35.1 Å². The molecule has 278 valence electrons. The minimum atomic E-state index is -0.632. The van der Waals surface area contributed by atoms with E-state index in [-0.39, 0.29) is 37.8 Å². The number of hydrogen-bond donors (Lipinski definition) is 0. The van der Waals surface area contributed by atoms with Crippen LogP contribution in [0.3, 0.4) is 0 Å². The van der Waals surface area contributed by atoms with Crippen LogP contribution in [0.5, 0.6) is 0 Å². The average Bonchev–Trinajstić information content (AvgIpc) is 3.23. The van der Waals surface area contributed by atoms with Gasteiger partial charge in [0.2, 0.25) is 0 Å². The van der Waals surface area contributed by atoms with Gasteiger partial charge in [-0.15, -0.1) is 0 Å². The maximum absolute atomic E-state index is 13.7. The van der Waals surface area contributed by atoms with Crippen molar-refractivity contribution in [3.05, 3.63) is 208 Å². The number of hydrogen-bond acceptors (Lipinski definition) is 6. The summed E-state index contributed by atoms with van der Waals surface area (Å²) < 4.78 is 18.2. The van der Waals surface area contributed by atoms with Gasteiger partial charge in [-0.05, 0) is 78.9 Å². The Morgan fingerprint density at radius 1 is 0.561 bits per heavy atom. The molecule has 0 atom stereocenters. The molecular formula is C44H27Cl2FN6O4. The molecule has 0 saturated carbocycles. The largest absolute Gasteiger partial charge is 0.337 e. The highest BCUT2D eigenvalue weighted by Crippen LogP contribution is 2.22. The third-order valence-electron chi connectivity index (χ3n) is 8.78. The Kier molecular flexibility index (Phi) is 10.8. The van der Waals surface area contributed by atoms with Crippen LogP contribution >= 0.6 is 23.2 Å². The molecule has 0 fully saturated rings. The van der Waals surface area contributed by atoms with Gasteiger partial charge in [-0.25, -0.2) is 33.1 Å². The topological polar surface area (TPSA) is 114 Å². The summed E-state index contributed by atoms with van der Waals surface area (Å²) in [4.78, 5) is 59.1. The lowest BCUT2D eigenvalue weighted by Crippen LogP contribution is -2.38. The van der Waals surface area contributed by atoms with E-state index in [4.69, 9.17) is 23.2 Å². The van der Waals surface area contributed by atoms with Crippen molar-refractivity contribution in [2.45, 2.75) is 0 Å². The van der Waals surface area contributed by atoms with Gasteiger partial charge in [0.1, 0.15) is 17.5 Å². The number of nitrogens with zero attached hydrogens (tertiary/aromatic N) is 6. The first-order chi connectivity index (χ1) is 27.5. The highest BCUT2D eigenvalue weighted by Gasteiger charge is 2.17. The summed E-state index contributed by atoms with van der Waals surface area (Å²) in [5.41, 5.74) is 1.89. The van der Waals surface area contributed by atoms with Crippen molar-refractivity contribution in [3.63, 3.8) is 0 Å². The quantitative estimate of drug-likeness (QED) is 0.187. The molecule has 0 bridgehead atoms. The van der Waals surface area contributed by atoms with Crippen molar-refractivity contribution in [2.75, 3.05) is 0 Å². The fourth-order valence-electron chi connectivity index (χ4n) is 5.91. The van der Waals surface area contributed by atoms with Crippen molar-refractivity contribution in [2.24, 2.45) is 14.1 Å². The first kappa shape index (κ1) is 38.0. The molecule has 0 aliphatic carbocycles. The minimum absolute atomic E-state index is 0.0936. The summed E-state index contributed by atoms with van der Waals surface area (Å²) in [6.45, 7) is 0. The Labute approximate surface area is 333 Å². The zero-order valence-corrected chi connectivity index (χ0v) is 31.6. The summed E-state index contributed by atoms with van der Waals surface area (Å²) in [5.74, 6) is 11.5. The molecule has 5 aromatic carbocycles. The molecule has 0 spiro atoms. The lowest BCUT2D eigenvalue weighted by molar-refractivity contribution is 0.628. The Hall–Kier alpha value is -7.31. The molecule has 3 heterocycles. The van der Waals surface area contributed by atoms with Crippen LogP contribution in [-0.4, -0.2) is 28.2 Å². The first-order valence-electron chi connectivity index (χ1n) is 17.1. The maximum atomic E-state index is 13.7. The lowest BCUT2D eigenvalue weighted by Gasteiger charge is -2.12. The summed E-state index contributed by atoms with van der Waals surface area (Å²) in [7, 11) is 3.06. The van der Waals surface area contributed by atoms with Gasteiger partial charge in [0.15, 0.2) is 5.65 Å². The van der Waals surface area contributed by atoms with E-state index in [1.54, 1.807) is 43.4 Å². The van der Waals surface area contributed by atoms with Crippen LogP contribution in [0.15, 0.2) is 147 Å². The number of aryl methyl sites for hydroxylation is 2. The number of benzene rings is 5. The van der Waals surface area contributed by atoms with Crippen LogP contribution in [0.25, 0.3) is 33.3 Å². The van der Waals surface area contributed by atoms with Gasteiger partial charge in [-0.3, -0.25) is 18.7 Å². The van der Waals surface area contributed by atoms with Gasteiger partial charge in [0, 0.05) is 42.5 Å².